The lowest BCUT2D eigenvalue weighted by Gasteiger charge is -2.37. The average molecular weight is 214 g/mol. The van der Waals surface area contributed by atoms with E-state index in [-0.39, 0.29) is 23.5 Å². The Bertz CT molecular complexity index is 261. The van der Waals surface area contributed by atoms with Gasteiger partial charge in [0, 0.05) is 37.6 Å². The van der Waals surface area contributed by atoms with Crippen molar-refractivity contribution in [2.45, 2.75) is 39.7 Å². The summed E-state index contributed by atoms with van der Waals surface area (Å²) < 4.78 is 0. The van der Waals surface area contributed by atoms with Crippen LogP contribution in [-0.4, -0.2) is 46.8 Å². The molecule has 1 amide bonds. The molecule has 0 unspecified atom stereocenters. The van der Waals surface area contributed by atoms with Crippen LogP contribution in [0.15, 0.2) is 0 Å². The van der Waals surface area contributed by atoms with Gasteiger partial charge in [-0.1, -0.05) is 13.8 Å². The Morgan fingerprint density at radius 2 is 2.00 bits per heavy atom. The van der Waals surface area contributed by atoms with Gasteiger partial charge in [0.15, 0.2) is 0 Å². The van der Waals surface area contributed by atoms with Crippen LogP contribution < -0.4 is 0 Å². The minimum atomic E-state index is -0.246. The normalized spacial score (nSPS) is 22.5. The third kappa shape index (κ3) is 2.49. The van der Waals surface area contributed by atoms with Gasteiger partial charge in [0.25, 0.3) is 0 Å². The molecule has 0 radical (unpaired) electrons. The first-order valence-corrected chi connectivity index (χ1v) is 5.35. The molecule has 0 aromatic heterocycles. The number of carbonyl (C=O) groups is 1. The van der Waals surface area contributed by atoms with Gasteiger partial charge < -0.3 is 5.11 Å². The van der Waals surface area contributed by atoms with Gasteiger partial charge in [-0.2, -0.15) is 0 Å². The molecule has 1 heterocycles. The zero-order valence-electron chi connectivity index (χ0n) is 10.4. The molecule has 4 nitrogen and oxygen atoms in total. The van der Waals surface area contributed by atoms with E-state index in [1.54, 1.807) is 5.01 Å². The van der Waals surface area contributed by atoms with Crippen LogP contribution in [0, 0.1) is 5.41 Å². The minimum absolute atomic E-state index is 0.0883. The molecule has 4 heteroatoms. The number of amides is 1. The highest BCUT2D eigenvalue weighted by Crippen LogP contribution is 2.30. The predicted molar refractivity (Wildman–Crippen MR) is 59.0 cm³/mol. The van der Waals surface area contributed by atoms with Crippen molar-refractivity contribution in [2.24, 2.45) is 5.41 Å². The molecule has 88 valence electrons. The SMILES string of the molecule is CN1N(CC(C)(C)CO)C(=O)CC1(C)C. The third-order valence-electron chi connectivity index (χ3n) is 3.12. The molecule has 0 saturated carbocycles. The molecule has 1 fully saturated rings. The van der Waals surface area contributed by atoms with Crippen molar-refractivity contribution in [3.05, 3.63) is 0 Å². The van der Waals surface area contributed by atoms with E-state index in [0.29, 0.717) is 13.0 Å². The van der Waals surface area contributed by atoms with Crippen molar-refractivity contribution < 1.29 is 9.90 Å². The molecule has 1 N–H and O–H groups in total. The van der Waals surface area contributed by atoms with Gasteiger partial charge in [0.2, 0.25) is 5.91 Å². The number of hydrogen-bond acceptors (Lipinski definition) is 3. The van der Waals surface area contributed by atoms with E-state index in [0.717, 1.165) is 0 Å². The van der Waals surface area contributed by atoms with Gasteiger partial charge in [-0.25, -0.2) is 5.01 Å². The van der Waals surface area contributed by atoms with E-state index in [1.165, 1.54) is 0 Å². The van der Waals surface area contributed by atoms with Crippen molar-refractivity contribution in [3.63, 3.8) is 0 Å². The molecule has 15 heavy (non-hydrogen) atoms. The number of aliphatic hydroxyl groups is 1. The fourth-order valence-corrected chi connectivity index (χ4v) is 1.72. The zero-order valence-corrected chi connectivity index (χ0v) is 10.4. The van der Waals surface area contributed by atoms with Crippen LogP contribution in [0.5, 0.6) is 0 Å². The first-order chi connectivity index (χ1) is 6.69. The van der Waals surface area contributed by atoms with Crippen molar-refractivity contribution in [1.29, 1.82) is 0 Å². The standard InChI is InChI=1S/C11H22N2O2/c1-10(2,8-14)7-13-9(15)6-11(3,4)12(13)5/h14H,6-8H2,1-5H3. The summed E-state index contributed by atoms with van der Waals surface area (Å²) in [5.74, 6) is 0.143. The van der Waals surface area contributed by atoms with Gasteiger partial charge in [-0.3, -0.25) is 9.80 Å². The summed E-state index contributed by atoms with van der Waals surface area (Å²) >= 11 is 0. The molecule has 0 aromatic rings. The summed E-state index contributed by atoms with van der Waals surface area (Å²) in [4.78, 5) is 11.8. The summed E-state index contributed by atoms with van der Waals surface area (Å²) in [6, 6.07) is 0. The maximum Gasteiger partial charge on any atom is 0.238 e. The highest BCUT2D eigenvalue weighted by atomic mass is 16.3. The Morgan fingerprint density at radius 3 is 2.33 bits per heavy atom. The summed E-state index contributed by atoms with van der Waals surface area (Å²) in [7, 11) is 1.93. The van der Waals surface area contributed by atoms with Crippen molar-refractivity contribution in [3.8, 4) is 0 Å². The molecule has 0 bridgehead atoms. The quantitative estimate of drug-likeness (QED) is 0.758. The first kappa shape index (κ1) is 12.5. The summed E-state index contributed by atoms with van der Waals surface area (Å²) in [5, 5.41) is 12.9. The number of rotatable bonds is 3. The summed E-state index contributed by atoms with van der Waals surface area (Å²) in [6.07, 6.45) is 0.547. The maximum absolute atomic E-state index is 11.8. The van der Waals surface area contributed by atoms with Gasteiger partial charge >= 0.3 is 0 Å². The Hall–Kier alpha value is -0.610. The number of carbonyl (C=O) groups excluding carboxylic acids is 1. The van der Waals surface area contributed by atoms with Crippen LogP contribution in [0.4, 0.5) is 0 Å². The third-order valence-corrected chi connectivity index (χ3v) is 3.12. The van der Waals surface area contributed by atoms with E-state index in [1.807, 2.05) is 25.9 Å². The predicted octanol–water partition coefficient (Wildman–Crippen LogP) is 0.863. The molecule has 1 rings (SSSR count). The molecule has 1 saturated heterocycles. The fourth-order valence-electron chi connectivity index (χ4n) is 1.72. The molecular weight excluding hydrogens is 192 g/mol. The molecule has 0 aromatic carbocycles. The number of nitrogens with zero attached hydrogens (tertiary/aromatic N) is 2. The van der Waals surface area contributed by atoms with Crippen LogP contribution in [-0.2, 0) is 4.79 Å². The van der Waals surface area contributed by atoms with E-state index < -0.39 is 0 Å². The van der Waals surface area contributed by atoms with E-state index in [9.17, 15) is 9.90 Å². The summed E-state index contributed by atoms with van der Waals surface area (Å²) in [6.45, 7) is 8.68. The van der Waals surface area contributed by atoms with E-state index >= 15 is 0 Å². The zero-order chi connectivity index (χ0) is 11.9. The lowest BCUT2D eigenvalue weighted by atomic mass is 9.95. The second kappa shape index (κ2) is 3.76. The molecule has 1 aliphatic heterocycles. The Morgan fingerprint density at radius 1 is 1.47 bits per heavy atom. The number of hydrogen-bond donors (Lipinski definition) is 1. The molecular formula is C11H22N2O2. The topological polar surface area (TPSA) is 43.8 Å². The van der Waals surface area contributed by atoms with Gasteiger partial charge in [-0.15, -0.1) is 0 Å². The number of hydrazine groups is 1. The lowest BCUT2D eigenvalue weighted by molar-refractivity contribution is -0.141. The Labute approximate surface area is 91.8 Å². The average Bonchev–Trinajstić information content (AvgIpc) is 2.28. The van der Waals surface area contributed by atoms with E-state index in [4.69, 9.17) is 0 Å². The van der Waals surface area contributed by atoms with Gasteiger partial charge in [-0.05, 0) is 13.8 Å². The molecule has 0 spiro atoms. The minimum Gasteiger partial charge on any atom is -0.396 e. The number of aliphatic hydroxyl groups excluding tert-OH is 1. The second-order valence-electron chi connectivity index (χ2n) is 5.79. The van der Waals surface area contributed by atoms with Crippen LogP contribution in [0.25, 0.3) is 0 Å². The van der Waals surface area contributed by atoms with Gasteiger partial charge in [0.1, 0.15) is 0 Å². The van der Waals surface area contributed by atoms with Crippen LogP contribution in [0.3, 0.4) is 0 Å². The first-order valence-electron chi connectivity index (χ1n) is 5.35. The molecule has 0 atom stereocenters. The van der Waals surface area contributed by atoms with Crippen molar-refractivity contribution >= 4 is 5.91 Å². The summed E-state index contributed by atoms with van der Waals surface area (Å²) in [5.41, 5.74) is -0.354. The van der Waals surface area contributed by atoms with Crippen molar-refractivity contribution in [2.75, 3.05) is 20.2 Å². The Kier molecular flexibility index (Phi) is 3.12. The smallest absolute Gasteiger partial charge is 0.238 e. The van der Waals surface area contributed by atoms with Gasteiger partial charge in [0.05, 0.1) is 0 Å². The van der Waals surface area contributed by atoms with Crippen LogP contribution in [0.1, 0.15) is 34.1 Å². The Balaban J connectivity index is 2.76. The molecule has 1 aliphatic rings. The highest BCUT2D eigenvalue weighted by Gasteiger charge is 2.42. The van der Waals surface area contributed by atoms with Crippen LogP contribution >= 0.6 is 0 Å². The fraction of sp³-hybridized carbons (Fsp3) is 0.909. The van der Waals surface area contributed by atoms with Crippen molar-refractivity contribution in [1.82, 2.24) is 10.0 Å². The monoisotopic (exact) mass is 214 g/mol. The van der Waals surface area contributed by atoms with Crippen LogP contribution in [0.2, 0.25) is 0 Å². The lowest BCUT2D eigenvalue weighted by Crippen LogP contribution is -2.48. The second-order valence-corrected chi connectivity index (χ2v) is 5.79. The largest absolute Gasteiger partial charge is 0.396 e. The highest BCUT2D eigenvalue weighted by molar-refractivity contribution is 5.79. The maximum atomic E-state index is 11.8. The van der Waals surface area contributed by atoms with E-state index in [2.05, 4.69) is 13.8 Å². The molecule has 0 aliphatic carbocycles.